The lowest BCUT2D eigenvalue weighted by molar-refractivity contribution is -0.908. The first-order chi connectivity index (χ1) is 12.1. The number of benzene rings is 2. The highest BCUT2D eigenvalue weighted by Crippen LogP contribution is 2.14. The van der Waals surface area contributed by atoms with Crippen LogP contribution in [0.3, 0.4) is 0 Å². The molecule has 0 saturated carbocycles. The second kappa shape index (κ2) is 8.30. The predicted octanol–water partition coefficient (Wildman–Crippen LogP) is 2.11. The molecule has 1 unspecified atom stereocenters. The normalized spacial score (nSPS) is 16.5. The molecule has 25 heavy (non-hydrogen) atoms. The zero-order valence-electron chi connectivity index (χ0n) is 15.3. The second-order valence-electron chi connectivity index (χ2n) is 7.37. The summed E-state index contributed by atoms with van der Waals surface area (Å²) in [5.74, 6) is 0.722. The van der Waals surface area contributed by atoms with Crippen LogP contribution in [0, 0.1) is 0 Å². The Morgan fingerprint density at radius 3 is 2.52 bits per heavy atom. The van der Waals surface area contributed by atoms with Gasteiger partial charge in [0.2, 0.25) is 0 Å². The van der Waals surface area contributed by atoms with E-state index in [1.165, 1.54) is 27.2 Å². The molecule has 1 heterocycles. The molecule has 1 amide bonds. The molecule has 2 N–H and O–H groups in total. The summed E-state index contributed by atoms with van der Waals surface area (Å²) >= 11 is 0. The van der Waals surface area contributed by atoms with Crippen LogP contribution in [0.5, 0.6) is 0 Å². The molecule has 3 rings (SSSR count). The standard InChI is InChI=1S/C22H28N2O/c1-17(2)19-9-7-18(8-10-19)11-13-23-22(25)16-24-14-12-20-5-3-4-6-21(20)15-24/h3-10,17H,11-16H2,1-2H3,(H,23,25)/p+1. The number of rotatable bonds is 6. The average Bonchev–Trinajstić information content (AvgIpc) is 2.62. The second-order valence-corrected chi connectivity index (χ2v) is 7.37. The van der Waals surface area contributed by atoms with Gasteiger partial charge in [0.05, 0.1) is 6.54 Å². The molecule has 0 aliphatic carbocycles. The van der Waals surface area contributed by atoms with E-state index in [4.69, 9.17) is 0 Å². The lowest BCUT2D eigenvalue weighted by atomic mass is 10.00. The SMILES string of the molecule is CC(C)c1ccc(CCNC(=O)C[NH+]2CCc3ccccc3C2)cc1. The maximum absolute atomic E-state index is 12.2. The fraction of sp³-hybridized carbons (Fsp3) is 0.409. The number of amides is 1. The van der Waals surface area contributed by atoms with Gasteiger partial charge in [0.15, 0.2) is 6.54 Å². The predicted molar refractivity (Wildman–Crippen MR) is 102 cm³/mol. The minimum Gasteiger partial charge on any atom is -0.351 e. The van der Waals surface area contributed by atoms with E-state index in [0.29, 0.717) is 19.0 Å². The number of quaternary nitrogens is 1. The minimum absolute atomic E-state index is 0.160. The summed E-state index contributed by atoms with van der Waals surface area (Å²) < 4.78 is 0. The van der Waals surface area contributed by atoms with Crippen LogP contribution in [0.4, 0.5) is 0 Å². The van der Waals surface area contributed by atoms with E-state index in [1.54, 1.807) is 0 Å². The average molecular weight is 337 g/mol. The Labute approximate surface area is 151 Å². The first-order valence-electron chi connectivity index (χ1n) is 9.37. The summed E-state index contributed by atoms with van der Waals surface area (Å²) in [6.07, 6.45) is 1.96. The lowest BCUT2D eigenvalue weighted by Gasteiger charge is -2.25. The van der Waals surface area contributed by atoms with Crippen molar-refractivity contribution < 1.29 is 9.69 Å². The number of fused-ring (bicyclic) bond motifs is 1. The van der Waals surface area contributed by atoms with Gasteiger partial charge in [-0.25, -0.2) is 0 Å². The summed E-state index contributed by atoms with van der Waals surface area (Å²) in [7, 11) is 0. The Balaban J connectivity index is 1.41. The van der Waals surface area contributed by atoms with E-state index >= 15 is 0 Å². The summed E-state index contributed by atoms with van der Waals surface area (Å²) in [6.45, 7) is 7.69. The van der Waals surface area contributed by atoms with Gasteiger partial charge in [0.25, 0.3) is 5.91 Å². The summed E-state index contributed by atoms with van der Waals surface area (Å²) in [5, 5.41) is 3.08. The van der Waals surface area contributed by atoms with Crippen molar-refractivity contribution in [3.63, 3.8) is 0 Å². The van der Waals surface area contributed by atoms with Crippen molar-refractivity contribution in [1.82, 2.24) is 5.32 Å². The van der Waals surface area contributed by atoms with Crippen molar-refractivity contribution in [3.05, 3.63) is 70.8 Å². The van der Waals surface area contributed by atoms with Gasteiger partial charge < -0.3 is 10.2 Å². The fourth-order valence-corrected chi connectivity index (χ4v) is 3.50. The molecule has 1 atom stereocenters. The topological polar surface area (TPSA) is 33.5 Å². The smallest absolute Gasteiger partial charge is 0.275 e. The molecule has 0 bridgehead atoms. The maximum atomic E-state index is 12.2. The molecule has 1 aliphatic heterocycles. The van der Waals surface area contributed by atoms with Crippen LogP contribution in [-0.2, 0) is 24.2 Å². The Hall–Kier alpha value is -2.13. The van der Waals surface area contributed by atoms with E-state index in [2.05, 4.69) is 67.7 Å². The quantitative estimate of drug-likeness (QED) is 0.832. The van der Waals surface area contributed by atoms with Crippen LogP contribution in [0.1, 0.15) is 42.0 Å². The van der Waals surface area contributed by atoms with E-state index in [0.717, 1.165) is 25.9 Å². The number of hydrogen-bond donors (Lipinski definition) is 2. The van der Waals surface area contributed by atoms with E-state index in [9.17, 15) is 4.79 Å². The summed E-state index contributed by atoms with van der Waals surface area (Å²) in [5.41, 5.74) is 5.48. The van der Waals surface area contributed by atoms with Crippen molar-refractivity contribution >= 4 is 5.91 Å². The molecule has 0 fully saturated rings. The number of nitrogens with one attached hydrogen (secondary N) is 2. The zero-order valence-corrected chi connectivity index (χ0v) is 15.3. The molecule has 3 heteroatoms. The third kappa shape index (κ3) is 4.93. The van der Waals surface area contributed by atoms with E-state index in [-0.39, 0.29) is 5.91 Å². The Bertz CT molecular complexity index is 706. The highest BCUT2D eigenvalue weighted by molar-refractivity contribution is 5.76. The number of hydrogen-bond acceptors (Lipinski definition) is 1. The lowest BCUT2D eigenvalue weighted by Crippen LogP contribution is -3.12. The summed E-state index contributed by atoms with van der Waals surface area (Å²) in [6, 6.07) is 17.3. The molecular weight excluding hydrogens is 308 g/mol. The maximum Gasteiger partial charge on any atom is 0.275 e. The van der Waals surface area contributed by atoms with E-state index < -0.39 is 0 Å². The van der Waals surface area contributed by atoms with Crippen LogP contribution in [-0.4, -0.2) is 25.5 Å². The third-order valence-corrected chi connectivity index (χ3v) is 5.10. The van der Waals surface area contributed by atoms with Crippen LogP contribution in [0.15, 0.2) is 48.5 Å². The van der Waals surface area contributed by atoms with Crippen molar-refractivity contribution in [2.24, 2.45) is 0 Å². The van der Waals surface area contributed by atoms with Gasteiger partial charge in [-0.1, -0.05) is 62.4 Å². The van der Waals surface area contributed by atoms with Gasteiger partial charge in [-0.3, -0.25) is 4.79 Å². The zero-order chi connectivity index (χ0) is 17.6. The number of carbonyl (C=O) groups is 1. The molecule has 0 spiro atoms. The van der Waals surface area contributed by atoms with Gasteiger partial charge in [0.1, 0.15) is 6.54 Å². The monoisotopic (exact) mass is 337 g/mol. The fourth-order valence-electron chi connectivity index (χ4n) is 3.50. The van der Waals surface area contributed by atoms with Crippen LogP contribution < -0.4 is 10.2 Å². The molecule has 0 saturated heterocycles. The van der Waals surface area contributed by atoms with Crippen molar-refractivity contribution in [3.8, 4) is 0 Å². The van der Waals surface area contributed by atoms with E-state index in [1.807, 2.05) is 0 Å². The minimum atomic E-state index is 0.160. The van der Waals surface area contributed by atoms with Gasteiger partial charge in [0, 0.05) is 18.5 Å². The van der Waals surface area contributed by atoms with Crippen LogP contribution in [0.25, 0.3) is 0 Å². The largest absolute Gasteiger partial charge is 0.351 e. The first kappa shape index (κ1) is 17.7. The Morgan fingerprint density at radius 1 is 1.08 bits per heavy atom. The third-order valence-electron chi connectivity index (χ3n) is 5.10. The summed E-state index contributed by atoms with van der Waals surface area (Å²) in [4.78, 5) is 13.6. The van der Waals surface area contributed by atoms with Gasteiger partial charge >= 0.3 is 0 Å². The number of carbonyl (C=O) groups excluding carboxylic acids is 1. The molecule has 0 radical (unpaired) electrons. The highest BCUT2D eigenvalue weighted by Gasteiger charge is 2.21. The molecule has 1 aliphatic rings. The van der Waals surface area contributed by atoms with Crippen LogP contribution >= 0.6 is 0 Å². The van der Waals surface area contributed by atoms with Crippen molar-refractivity contribution in [1.29, 1.82) is 0 Å². The van der Waals surface area contributed by atoms with Gasteiger partial charge in [-0.05, 0) is 29.0 Å². The van der Waals surface area contributed by atoms with Crippen LogP contribution in [0.2, 0.25) is 0 Å². The Morgan fingerprint density at radius 2 is 1.80 bits per heavy atom. The molecule has 2 aromatic carbocycles. The first-order valence-corrected chi connectivity index (χ1v) is 9.37. The molecule has 3 nitrogen and oxygen atoms in total. The van der Waals surface area contributed by atoms with Crippen molar-refractivity contribution in [2.45, 2.75) is 39.2 Å². The molecule has 2 aromatic rings. The van der Waals surface area contributed by atoms with Gasteiger partial charge in [-0.15, -0.1) is 0 Å². The van der Waals surface area contributed by atoms with Crippen molar-refractivity contribution in [2.75, 3.05) is 19.6 Å². The van der Waals surface area contributed by atoms with Gasteiger partial charge in [-0.2, -0.15) is 0 Å². The molecule has 132 valence electrons. The highest BCUT2D eigenvalue weighted by atomic mass is 16.2. The Kier molecular flexibility index (Phi) is 5.87. The molecule has 0 aromatic heterocycles. The molecular formula is C22H29N2O+.